The summed E-state index contributed by atoms with van der Waals surface area (Å²) in [4.78, 5) is 14.5. The van der Waals surface area contributed by atoms with Crippen LogP contribution in [0.25, 0.3) is 0 Å². The summed E-state index contributed by atoms with van der Waals surface area (Å²) in [5, 5.41) is 3.39. The number of likely N-dealkylation sites (tertiary alicyclic amines) is 1. The normalized spacial score (nSPS) is 15.3. The van der Waals surface area contributed by atoms with Crippen molar-refractivity contribution in [2.45, 2.75) is 19.3 Å². The summed E-state index contributed by atoms with van der Waals surface area (Å²) in [6.07, 6.45) is 4.35. The molecule has 1 fully saturated rings. The third-order valence-corrected chi connectivity index (χ3v) is 5.57. The molecule has 1 aromatic rings. The van der Waals surface area contributed by atoms with E-state index in [1.165, 1.54) is 31.0 Å². The van der Waals surface area contributed by atoms with Gasteiger partial charge < -0.3 is 10.2 Å². The zero-order valence-corrected chi connectivity index (χ0v) is 16.5. The first-order chi connectivity index (χ1) is 11.8. The van der Waals surface area contributed by atoms with Crippen LogP contribution in [0.3, 0.4) is 0 Å². The second-order valence-corrected chi connectivity index (χ2v) is 8.93. The molecule has 1 heterocycles. The molecule has 1 aliphatic heterocycles. The van der Waals surface area contributed by atoms with Crippen molar-refractivity contribution < 1.29 is 13.2 Å². The minimum atomic E-state index is -3.64. The highest BCUT2D eigenvalue weighted by molar-refractivity contribution is 7.92. The third-order valence-electron chi connectivity index (χ3n) is 3.99. The topological polar surface area (TPSA) is 69.7 Å². The van der Waals surface area contributed by atoms with E-state index in [-0.39, 0.29) is 18.1 Å². The molecule has 6 nitrogen and oxygen atoms in total. The van der Waals surface area contributed by atoms with Gasteiger partial charge in [-0.15, -0.1) is 0 Å². The average molecular weight is 408 g/mol. The van der Waals surface area contributed by atoms with Gasteiger partial charge in [-0.3, -0.25) is 9.10 Å². The van der Waals surface area contributed by atoms with Gasteiger partial charge in [0.2, 0.25) is 15.9 Å². The van der Waals surface area contributed by atoms with Crippen molar-refractivity contribution in [1.82, 2.24) is 10.2 Å². The molecule has 0 spiro atoms. The van der Waals surface area contributed by atoms with Gasteiger partial charge in [0.05, 0.1) is 11.9 Å². The molecule has 1 amide bonds. The Morgan fingerprint density at radius 3 is 2.36 bits per heavy atom. The number of halogens is 2. The first kappa shape index (κ1) is 20.3. The quantitative estimate of drug-likeness (QED) is 0.671. The standard InChI is InChI=1S/C16H23Cl2N3O3S/c1-25(23,24)21(15-10-13(17)9-14(18)11-15)12-16(22)19-5-4-8-20-6-2-3-7-20/h9-11H,2-8,12H2,1H3,(H,19,22). The van der Waals surface area contributed by atoms with Crippen LogP contribution in [0.4, 0.5) is 5.69 Å². The zero-order chi connectivity index (χ0) is 18.4. The number of amides is 1. The molecule has 2 rings (SSSR count). The molecule has 0 radical (unpaired) electrons. The fourth-order valence-electron chi connectivity index (χ4n) is 2.81. The van der Waals surface area contributed by atoms with E-state index >= 15 is 0 Å². The number of sulfonamides is 1. The van der Waals surface area contributed by atoms with Crippen LogP contribution >= 0.6 is 23.2 Å². The van der Waals surface area contributed by atoms with E-state index in [2.05, 4.69) is 10.2 Å². The van der Waals surface area contributed by atoms with Crippen LogP contribution in [0.5, 0.6) is 0 Å². The van der Waals surface area contributed by atoms with E-state index < -0.39 is 10.0 Å². The minimum Gasteiger partial charge on any atom is -0.354 e. The highest BCUT2D eigenvalue weighted by Crippen LogP contribution is 2.26. The number of nitrogens with one attached hydrogen (secondary N) is 1. The molecule has 25 heavy (non-hydrogen) atoms. The maximum atomic E-state index is 12.1. The smallest absolute Gasteiger partial charge is 0.240 e. The second kappa shape index (κ2) is 9.07. The van der Waals surface area contributed by atoms with Crippen LogP contribution in [-0.2, 0) is 14.8 Å². The molecule has 1 aromatic carbocycles. The number of hydrogen-bond donors (Lipinski definition) is 1. The first-order valence-electron chi connectivity index (χ1n) is 8.18. The number of carbonyl (C=O) groups is 1. The minimum absolute atomic E-state index is 0.271. The van der Waals surface area contributed by atoms with Gasteiger partial charge in [-0.2, -0.15) is 0 Å². The van der Waals surface area contributed by atoms with Gasteiger partial charge in [0.15, 0.2) is 0 Å². The second-order valence-electron chi connectivity index (χ2n) is 6.15. The lowest BCUT2D eigenvalue weighted by molar-refractivity contribution is -0.119. The Bertz CT molecular complexity index is 686. The number of carbonyl (C=O) groups excluding carboxylic acids is 1. The summed E-state index contributed by atoms with van der Waals surface area (Å²) >= 11 is 11.9. The summed E-state index contributed by atoms with van der Waals surface area (Å²) in [6.45, 7) is 3.39. The maximum absolute atomic E-state index is 12.1. The zero-order valence-electron chi connectivity index (χ0n) is 14.2. The molecule has 0 unspecified atom stereocenters. The van der Waals surface area contributed by atoms with E-state index in [0.29, 0.717) is 16.6 Å². The number of rotatable bonds is 8. The van der Waals surface area contributed by atoms with Crippen molar-refractivity contribution in [3.63, 3.8) is 0 Å². The lowest BCUT2D eigenvalue weighted by Crippen LogP contribution is -2.41. The Morgan fingerprint density at radius 2 is 1.80 bits per heavy atom. The van der Waals surface area contributed by atoms with Crippen molar-refractivity contribution in [2.75, 3.05) is 43.3 Å². The molecule has 9 heteroatoms. The lowest BCUT2D eigenvalue weighted by Gasteiger charge is -2.22. The Hall–Kier alpha value is -1.02. The van der Waals surface area contributed by atoms with E-state index in [4.69, 9.17) is 23.2 Å². The summed E-state index contributed by atoms with van der Waals surface area (Å²) in [5.41, 5.74) is 0.271. The summed E-state index contributed by atoms with van der Waals surface area (Å²) in [5.74, 6) is -0.358. The van der Waals surface area contributed by atoms with Crippen LogP contribution in [0.15, 0.2) is 18.2 Å². The fraction of sp³-hybridized carbons (Fsp3) is 0.562. The molecule has 0 aromatic heterocycles. The van der Waals surface area contributed by atoms with Gasteiger partial charge in [-0.1, -0.05) is 23.2 Å². The van der Waals surface area contributed by atoms with Crippen LogP contribution in [0.2, 0.25) is 10.0 Å². The highest BCUT2D eigenvalue weighted by atomic mass is 35.5. The maximum Gasteiger partial charge on any atom is 0.240 e. The van der Waals surface area contributed by atoms with Crippen molar-refractivity contribution in [3.8, 4) is 0 Å². The van der Waals surface area contributed by atoms with Gasteiger partial charge in [-0.05, 0) is 57.1 Å². The molecule has 1 N–H and O–H groups in total. The van der Waals surface area contributed by atoms with Gasteiger partial charge in [0.25, 0.3) is 0 Å². The van der Waals surface area contributed by atoms with Crippen molar-refractivity contribution in [1.29, 1.82) is 0 Å². The first-order valence-corrected chi connectivity index (χ1v) is 10.8. The number of benzene rings is 1. The SMILES string of the molecule is CS(=O)(=O)N(CC(=O)NCCCN1CCCC1)c1cc(Cl)cc(Cl)c1. The molecular weight excluding hydrogens is 385 g/mol. The van der Waals surface area contributed by atoms with Crippen LogP contribution in [0.1, 0.15) is 19.3 Å². The van der Waals surface area contributed by atoms with Gasteiger partial charge >= 0.3 is 0 Å². The molecule has 1 aliphatic rings. The van der Waals surface area contributed by atoms with Crippen LogP contribution in [-0.4, -0.2) is 58.2 Å². The van der Waals surface area contributed by atoms with Gasteiger partial charge in [0.1, 0.15) is 6.54 Å². The largest absolute Gasteiger partial charge is 0.354 e. The molecule has 0 bridgehead atoms. The van der Waals surface area contributed by atoms with Gasteiger partial charge in [0, 0.05) is 16.6 Å². The van der Waals surface area contributed by atoms with Crippen LogP contribution < -0.4 is 9.62 Å². The fourth-order valence-corrected chi connectivity index (χ4v) is 4.16. The number of anilines is 1. The molecule has 0 aliphatic carbocycles. The van der Waals surface area contributed by atoms with Crippen LogP contribution in [0, 0.1) is 0 Å². The average Bonchev–Trinajstić information content (AvgIpc) is 3.00. The van der Waals surface area contributed by atoms with Crippen molar-refractivity contribution >= 4 is 44.8 Å². The van der Waals surface area contributed by atoms with E-state index in [1.54, 1.807) is 0 Å². The Balaban J connectivity index is 1.91. The lowest BCUT2D eigenvalue weighted by atomic mass is 10.3. The van der Waals surface area contributed by atoms with Crippen molar-refractivity contribution in [3.05, 3.63) is 28.2 Å². The Morgan fingerprint density at radius 1 is 1.20 bits per heavy atom. The summed E-state index contributed by atoms with van der Waals surface area (Å²) in [7, 11) is -3.64. The predicted molar refractivity (Wildman–Crippen MR) is 102 cm³/mol. The van der Waals surface area contributed by atoms with E-state index in [9.17, 15) is 13.2 Å². The van der Waals surface area contributed by atoms with Gasteiger partial charge in [-0.25, -0.2) is 8.42 Å². The molecule has 140 valence electrons. The number of hydrogen-bond acceptors (Lipinski definition) is 4. The summed E-state index contributed by atoms with van der Waals surface area (Å²) in [6, 6.07) is 4.44. The molecule has 1 saturated heterocycles. The van der Waals surface area contributed by atoms with E-state index in [0.717, 1.165) is 36.6 Å². The molecule has 0 atom stereocenters. The monoisotopic (exact) mass is 407 g/mol. The number of nitrogens with zero attached hydrogens (tertiary/aromatic N) is 2. The third kappa shape index (κ3) is 6.66. The van der Waals surface area contributed by atoms with Crippen molar-refractivity contribution in [2.24, 2.45) is 0 Å². The molecule has 0 saturated carbocycles. The Kier molecular flexibility index (Phi) is 7.37. The molecular formula is C16H23Cl2N3O3S. The van der Waals surface area contributed by atoms with E-state index in [1.807, 2.05) is 0 Å². The highest BCUT2D eigenvalue weighted by Gasteiger charge is 2.21. The predicted octanol–water partition coefficient (Wildman–Crippen LogP) is 2.36. The summed E-state index contributed by atoms with van der Waals surface area (Å²) < 4.78 is 25.1. The Labute approximate surface area is 159 Å².